The van der Waals surface area contributed by atoms with E-state index >= 15 is 0 Å². The van der Waals surface area contributed by atoms with Crippen molar-refractivity contribution in [1.29, 1.82) is 0 Å². The molecule has 2 aromatic carbocycles. The number of hydrogen-bond donors (Lipinski definition) is 1. The molecule has 0 saturated carbocycles. The molecule has 5 heteroatoms. The Kier molecular flexibility index (Phi) is 5.08. The van der Waals surface area contributed by atoms with Crippen LogP contribution in [-0.2, 0) is 6.54 Å². The zero-order valence-corrected chi connectivity index (χ0v) is 14.2. The number of nitrogens with one attached hydrogen (secondary N) is 1. The molecule has 1 aliphatic rings. The van der Waals surface area contributed by atoms with Crippen LogP contribution in [0, 0.1) is 5.82 Å². The number of amides is 1. The van der Waals surface area contributed by atoms with E-state index in [1.165, 1.54) is 17.7 Å². The van der Waals surface area contributed by atoms with E-state index in [2.05, 4.69) is 38.3 Å². The maximum Gasteiger partial charge on any atom is 0.252 e. The summed E-state index contributed by atoms with van der Waals surface area (Å²) in [6.45, 7) is 2.65. The van der Waals surface area contributed by atoms with Crippen LogP contribution in [0.4, 0.5) is 4.39 Å². The van der Waals surface area contributed by atoms with Crippen LogP contribution in [0.5, 0.6) is 0 Å². The molecule has 1 fully saturated rings. The minimum atomic E-state index is -0.407. The van der Waals surface area contributed by atoms with Crippen LogP contribution in [0.1, 0.15) is 22.3 Å². The third kappa shape index (κ3) is 4.18. The van der Waals surface area contributed by atoms with E-state index in [1.807, 2.05) is 18.2 Å². The molecule has 120 valence electrons. The smallest absolute Gasteiger partial charge is 0.252 e. The quantitative estimate of drug-likeness (QED) is 0.883. The van der Waals surface area contributed by atoms with Gasteiger partial charge in [0.05, 0.1) is 5.56 Å². The van der Waals surface area contributed by atoms with Crippen molar-refractivity contribution in [3.05, 3.63) is 69.9 Å². The molecule has 3 rings (SSSR count). The van der Waals surface area contributed by atoms with E-state index in [1.54, 1.807) is 6.07 Å². The van der Waals surface area contributed by atoms with E-state index in [4.69, 9.17) is 0 Å². The largest absolute Gasteiger partial charge is 0.348 e. The Labute approximate surface area is 143 Å². The van der Waals surface area contributed by atoms with Crippen LogP contribution >= 0.6 is 15.9 Å². The number of rotatable bonds is 4. The highest BCUT2D eigenvalue weighted by Crippen LogP contribution is 2.19. The summed E-state index contributed by atoms with van der Waals surface area (Å²) < 4.78 is 13.9. The topological polar surface area (TPSA) is 32.3 Å². The Balaban J connectivity index is 1.57. The van der Waals surface area contributed by atoms with Gasteiger partial charge in [0, 0.05) is 30.1 Å². The van der Waals surface area contributed by atoms with Gasteiger partial charge in [-0.05, 0) is 46.1 Å². The molecule has 1 amide bonds. The van der Waals surface area contributed by atoms with E-state index in [0.29, 0.717) is 10.0 Å². The Morgan fingerprint density at radius 2 is 2.04 bits per heavy atom. The second kappa shape index (κ2) is 7.23. The van der Waals surface area contributed by atoms with Crippen LogP contribution in [0.25, 0.3) is 0 Å². The molecule has 0 aromatic heterocycles. The zero-order chi connectivity index (χ0) is 16.2. The second-order valence-corrected chi connectivity index (χ2v) is 6.66. The molecule has 1 unspecified atom stereocenters. The van der Waals surface area contributed by atoms with Gasteiger partial charge < -0.3 is 5.32 Å². The molecule has 1 heterocycles. The fourth-order valence-electron chi connectivity index (χ4n) is 2.87. The van der Waals surface area contributed by atoms with Crippen molar-refractivity contribution in [1.82, 2.24) is 10.2 Å². The maximum atomic E-state index is 13.3. The number of carbonyl (C=O) groups is 1. The van der Waals surface area contributed by atoms with Crippen LogP contribution in [-0.4, -0.2) is 29.9 Å². The lowest BCUT2D eigenvalue weighted by Gasteiger charge is -2.17. The van der Waals surface area contributed by atoms with Crippen LogP contribution < -0.4 is 5.32 Å². The minimum Gasteiger partial charge on any atom is -0.348 e. The van der Waals surface area contributed by atoms with Gasteiger partial charge in [0.2, 0.25) is 0 Å². The summed E-state index contributed by atoms with van der Waals surface area (Å²) in [6.07, 6.45) is 0.908. The molecule has 0 aliphatic carbocycles. The number of nitrogens with zero attached hydrogens (tertiary/aromatic N) is 1. The van der Waals surface area contributed by atoms with E-state index in [0.717, 1.165) is 26.1 Å². The summed E-state index contributed by atoms with van der Waals surface area (Å²) in [7, 11) is 0. The monoisotopic (exact) mass is 376 g/mol. The van der Waals surface area contributed by atoms with E-state index in [9.17, 15) is 9.18 Å². The first-order chi connectivity index (χ1) is 11.1. The highest BCUT2D eigenvalue weighted by Gasteiger charge is 2.24. The normalized spacial score (nSPS) is 18.1. The van der Waals surface area contributed by atoms with Gasteiger partial charge in [-0.1, -0.05) is 30.3 Å². The summed E-state index contributed by atoms with van der Waals surface area (Å²) in [5.74, 6) is -0.640. The first kappa shape index (κ1) is 16.1. The second-order valence-electron chi connectivity index (χ2n) is 5.80. The van der Waals surface area contributed by atoms with Crippen molar-refractivity contribution in [2.45, 2.75) is 19.0 Å². The average molecular weight is 377 g/mol. The fraction of sp³-hybridized carbons (Fsp3) is 0.278. The molecule has 1 atom stereocenters. The summed E-state index contributed by atoms with van der Waals surface area (Å²) >= 11 is 3.30. The lowest BCUT2D eigenvalue weighted by molar-refractivity contribution is 0.0936. The molecular formula is C18H18BrFN2O. The van der Waals surface area contributed by atoms with E-state index in [-0.39, 0.29) is 11.9 Å². The summed E-state index contributed by atoms with van der Waals surface area (Å²) in [5, 5.41) is 3.00. The predicted molar refractivity (Wildman–Crippen MR) is 91.7 cm³/mol. The van der Waals surface area contributed by atoms with Crippen molar-refractivity contribution in [2.75, 3.05) is 13.1 Å². The highest BCUT2D eigenvalue weighted by atomic mass is 79.9. The molecule has 1 N–H and O–H groups in total. The first-order valence-corrected chi connectivity index (χ1v) is 8.43. The average Bonchev–Trinajstić information content (AvgIpc) is 2.97. The van der Waals surface area contributed by atoms with Gasteiger partial charge in [0.25, 0.3) is 5.91 Å². The molecule has 1 saturated heterocycles. The molecule has 23 heavy (non-hydrogen) atoms. The summed E-state index contributed by atoms with van der Waals surface area (Å²) in [6, 6.07) is 14.5. The zero-order valence-electron chi connectivity index (χ0n) is 12.6. The Hall–Kier alpha value is -1.72. The van der Waals surface area contributed by atoms with Crippen LogP contribution in [0.3, 0.4) is 0 Å². The van der Waals surface area contributed by atoms with Gasteiger partial charge in [0.15, 0.2) is 0 Å². The number of hydrogen-bond acceptors (Lipinski definition) is 2. The number of benzene rings is 2. The van der Waals surface area contributed by atoms with Gasteiger partial charge in [-0.25, -0.2) is 4.39 Å². The molecular weight excluding hydrogens is 359 g/mol. The van der Waals surface area contributed by atoms with Crippen molar-refractivity contribution < 1.29 is 9.18 Å². The lowest BCUT2D eigenvalue weighted by atomic mass is 10.2. The van der Waals surface area contributed by atoms with Gasteiger partial charge in [-0.15, -0.1) is 0 Å². The number of likely N-dealkylation sites (tertiary alicyclic amines) is 1. The highest BCUT2D eigenvalue weighted by molar-refractivity contribution is 9.10. The Morgan fingerprint density at radius 1 is 1.26 bits per heavy atom. The number of halogens is 2. The fourth-order valence-corrected chi connectivity index (χ4v) is 3.30. The van der Waals surface area contributed by atoms with Crippen molar-refractivity contribution in [3.8, 4) is 0 Å². The molecule has 0 radical (unpaired) electrons. The molecule has 0 bridgehead atoms. The standard InChI is InChI=1S/C18H18BrFN2O/c19-17-7-6-14(20)10-16(17)18(23)21-15-8-9-22(12-15)11-13-4-2-1-3-5-13/h1-7,10,15H,8-9,11-12H2,(H,21,23). The molecule has 3 nitrogen and oxygen atoms in total. The lowest BCUT2D eigenvalue weighted by Crippen LogP contribution is -2.37. The SMILES string of the molecule is O=C(NC1CCN(Cc2ccccc2)C1)c1cc(F)ccc1Br. The first-order valence-electron chi connectivity index (χ1n) is 7.64. The van der Waals surface area contributed by atoms with Crippen LogP contribution in [0.2, 0.25) is 0 Å². The predicted octanol–water partition coefficient (Wildman–Crippen LogP) is 3.59. The third-order valence-corrected chi connectivity index (χ3v) is 4.72. The Bertz CT molecular complexity index is 693. The summed E-state index contributed by atoms with van der Waals surface area (Å²) in [4.78, 5) is 14.6. The minimum absolute atomic E-state index is 0.0985. The Morgan fingerprint density at radius 3 is 2.83 bits per heavy atom. The molecule has 2 aromatic rings. The summed E-state index contributed by atoms with van der Waals surface area (Å²) in [5.41, 5.74) is 1.61. The molecule has 0 spiro atoms. The van der Waals surface area contributed by atoms with Crippen molar-refractivity contribution in [2.24, 2.45) is 0 Å². The van der Waals surface area contributed by atoms with Gasteiger partial charge in [-0.2, -0.15) is 0 Å². The van der Waals surface area contributed by atoms with Gasteiger partial charge in [-0.3, -0.25) is 9.69 Å². The van der Waals surface area contributed by atoms with Gasteiger partial charge in [0.1, 0.15) is 5.82 Å². The van der Waals surface area contributed by atoms with Crippen LogP contribution in [0.15, 0.2) is 53.0 Å². The van der Waals surface area contributed by atoms with Crippen molar-refractivity contribution >= 4 is 21.8 Å². The number of carbonyl (C=O) groups excluding carboxylic acids is 1. The van der Waals surface area contributed by atoms with Gasteiger partial charge >= 0.3 is 0 Å². The van der Waals surface area contributed by atoms with E-state index < -0.39 is 5.82 Å². The third-order valence-electron chi connectivity index (χ3n) is 4.03. The molecule has 1 aliphatic heterocycles. The maximum absolute atomic E-state index is 13.3. The van der Waals surface area contributed by atoms with Crippen molar-refractivity contribution in [3.63, 3.8) is 0 Å².